The molecule has 1 aliphatic heterocycles. The van der Waals surface area contributed by atoms with Gasteiger partial charge in [0.15, 0.2) is 17.6 Å². The van der Waals surface area contributed by atoms with Crippen LogP contribution in [0.3, 0.4) is 0 Å². The van der Waals surface area contributed by atoms with Crippen LogP contribution in [-0.2, 0) is 16.1 Å². The maximum atomic E-state index is 12.7. The lowest BCUT2D eigenvalue weighted by Gasteiger charge is -2.16. The number of nitrogens with one attached hydrogen (secondary N) is 2. The Morgan fingerprint density at radius 1 is 0.968 bits per heavy atom. The number of amides is 1. The lowest BCUT2D eigenvalue weighted by atomic mass is 10.1. The van der Waals surface area contributed by atoms with Gasteiger partial charge in [-0.15, -0.1) is 0 Å². The van der Waals surface area contributed by atoms with Crippen LogP contribution in [0.5, 0.6) is 11.5 Å². The van der Waals surface area contributed by atoms with Crippen molar-refractivity contribution in [2.24, 2.45) is 0 Å². The molecule has 0 saturated carbocycles. The molecule has 7 nitrogen and oxygen atoms in total. The van der Waals surface area contributed by atoms with E-state index >= 15 is 0 Å². The third-order valence-electron chi connectivity index (χ3n) is 4.76. The highest BCUT2D eigenvalue weighted by atomic mass is 16.7. The van der Waals surface area contributed by atoms with Gasteiger partial charge in [-0.25, -0.2) is 4.79 Å². The molecular formula is C24H22N2O5. The number of carbonyl (C=O) groups is 2. The van der Waals surface area contributed by atoms with Gasteiger partial charge in [-0.2, -0.15) is 0 Å². The Morgan fingerprint density at radius 3 is 2.55 bits per heavy atom. The Kier molecular flexibility index (Phi) is 6.03. The predicted octanol–water partition coefficient (Wildman–Crippen LogP) is 4.02. The summed E-state index contributed by atoms with van der Waals surface area (Å²) in [5, 5.41) is 5.97. The molecule has 0 fully saturated rings. The molecule has 0 saturated heterocycles. The molecule has 0 spiro atoms. The van der Waals surface area contributed by atoms with Crippen molar-refractivity contribution >= 4 is 23.3 Å². The number of rotatable bonds is 7. The SMILES string of the molecule is C[C@H](OC(=O)c1ccccc1Nc1ccccc1)C(=O)NCc1ccc2c(c1)OCO2. The van der Waals surface area contributed by atoms with Gasteiger partial charge in [0.1, 0.15) is 0 Å². The molecule has 3 aromatic rings. The smallest absolute Gasteiger partial charge is 0.341 e. The summed E-state index contributed by atoms with van der Waals surface area (Å²) < 4.78 is 16.0. The van der Waals surface area contributed by atoms with Crippen LogP contribution in [0.4, 0.5) is 11.4 Å². The predicted molar refractivity (Wildman–Crippen MR) is 115 cm³/mol. The van der Waals surface area contributed by atoms with Crippen LogP contribution < -0.4 is 20.1 Å². The van der Waals surface area contributed by atoms with Gasteiger partial charge < -0.3 is 24.8 Å². The van der Waals surface area contributed by atoms with Gasteiger partial charge in [-0.1, -0.05) is 36.4 Å². The van der Waals surface area contributed by atoms with Crippen LogP contribution in [0.2, 0.25) is 0 Å². The van der Waals surface area contributed by atoms with Crippen molar-refractivity contribution in [3.63, 3.8) is 0 Å². The third kappa shape index (κ3) is 4.95. The van der Waals surface area contributed by atoms with Gasteiger partial charge in [0.05, 0.1) is 11.3 Å². The van der Waals surface area contributed by atoms with Gasteiger partial charge in [0.25, 0.3) is 5.91 Å². The van der Waals surface area contributed by atoms with Crippen LogP contribution in [-0.4, -0.2) is 24.8 Å². The summed E-state index contributed by atoms with van der Waals surface area (Å²) >= 11 is 0. The quantitative estimate of drug-likeness (QED) is 0.564. The highest BCUT2D eigenvalue weighted by Gasteiger charge is 2.21. The molecule has 0 bridgehead atoms. The Hall–Kier alpha value is -4.00. The zero-order valence-corrected chi connectivity index (χ0v) is 17.0. The number of para-hydroxylation sites is 2. The van der Waals surface area contributed by atoms with Crippen molar-refractivity contribution < 1.29 is 23.8 Å². The molecule has 0 aromatic heterocycles. The zero-order valence-electron chi connectivity index (χ0n) is 17.0. The monoisotopic (exact) mass is 418 g/mol. The number of carbonyl (C=O) groups excluding carboxylic acids is 2. The summed E-state index contributed by atoms with van der Waals surface area (Å²) in [6, 6.07) is 22.0. The molecule has 0 unspecified atom stereocenters. The summed E-state index contributed by atoms with van der Waals surface area (Å²) in [5.74, 6) is 0.359. The van der Waals surface area contributed by atoms with Crippen molar-refractivity contribution in [3.8, 4) is 11.5 Å². The molecule has 1 atom stereocenters. The summed E-state index contributed by atoms with van der Waals surface area (Å²) in [6.07, 6.45) is -0.953. The third-order valence-corrected chi connectivity index (χ3v) is 4.76. The van der Waals surface area contributed by atoms with Gasteiger partial charge in [0.2, 0.25) is 6.79 Å². The second-order valence-electron chi connectivity index (χ2n) is 6.99. The number of esters is 1. The van der Waals surface area contributed by atoms with Gasteiger partial charge in [-0.3, -0.25) is 4.79 Å². The fraction of sp³-hybridized carbons (Fsp3) is 0.167. The molecule has 1 heterocycles. The van der Waals surface area contributed by atoms with Crippen LogP contribution in [0.15, 0.2) is 72.8 Å². The number of hydrogen-bond acceptors (Lipinski definition) is 6. The van der Waals surface area contributed by atoms with Crippen molar-refractivity contribution in [2.45, 2.75) is 19.6 Å². The standard InChI is InChI=1S/C24H22N2O5/c1-16(23(27)25-14-17-11-12-21-22(13-17)30-15-29-21)31-24(28)19-9-5-6-10-20(19)26-18-7-3-2-4-8-18/h2-13,16,26H,14-15H2,1H3,(H,25,27)/t16-/m0/s1. The number of fused-ring (bicyclic) bond motifs is 1. The van der Waals surface area contributed by atoms with Crippen molar-refractivity contribution in [3.05, 3.63) is 83.9 Å². The molecule has 2 N–H and O–H groups in total. The van der Waals surface area contributed by atoms with E-state index in [1.807, 2.05) is 48.5 Å². The number of benzene rings is 3. The van der Waals surface area contributed by atoms with Gasteiger partial charge in [0, 0.05) is 12.2 Å². The highest BCUT2D eigenvalue weighted by molar-refractivity contribution is 5.98. The summed E-state index contributed by atoms with van der Waals surface area (Å²) in [5.41, 5.74) is 2.65. The maximum absolute atomic E-state index is 12.7. The van der Waals surface area contributed by atoms with Crippen LogP contribution in [0, 0.1) is 0 Å². The van der Waals surface area contributed by atoms with E-state index in [-0.39, 0.29) is 19.2 Å². The van der Waals surface area contributed by atoms with Crippen molar-refractivity contribution in [1.29, 1.82) is 0 Å². The molecule has 4 rings (SSSR count). The first-order valence-corrected chi connectivity index (χ1v) is 9.88. The summed E-state index contributed by atoms with van der Waals surface area (Å²) in [6.45, 7) is 2.02. The van der Waals surface area contributed by atoms with Crippen molar-refractivity contribution in [1.82, 2.24) is 5.32 Å². The molecule has 158 valence electrons. The molecule has 1 amide bonds. The van der Waals surface area contributed by atoms with Crippen LogP contribution in [0.1, 0.15) is 22.8 Å². The largest absolute Gasteiger partial charge is 0.454 e. The second-order valence-corrected chi connectivity index (χ2v) is 6.99. The molecular weight excluding hydrogens is 396 g/mol. The van der Waals surface area contributed by atoms with Crippen LogP contribution >= 0.6 is 0 Å². The first-order chi connectivity index (χ1) is 15.1. The normalized spacial score (nSPS) is 12.7. The molecule has 0 aliphatic carbocycles. The van der Waals surface area contributed by atoms with E-state index < -0.39 is 12.1 Å². The van der Waals surface area contributed by atoms with E-state index in [0.29, 0.717) is 22.7 Å². The number of anilines is 2. The van der Waals surface area contributed by atoms with E-state index in [1.54, 1.807) is 31.2 Å². The minimum atomic E-state index is -0.953. The van der Waals surface area contributed by atoms with E-state index in [4.69, 9.17) is 14.2 Å². The van der Waals surface area contributed by atoms with Gasteiger partial charge >= 0.3 is 5.97 Å². The minimum Gasteiger partial charge on any atom is -0.454 e. The Bertz CT molecular complexity index is 1080. The van der Waals surface area contributed by atoms with Gasteiger partial charge in [-0.05, 0) is 48.9 Å². The Morgan fingerprint density at radius 2 is 1.71 bits per heavy atom. The van der Waals surface area contributed by atoms with E-state index in [0.717, 1.165) is 11.3 Å². The lowest BCUT2D eigenvalue weighted by Crippen LogP contribution is -2.35. The molecule has 0 radical (unpaired) electrons. The fourth-order valence-electron chi connectivity index (χ4n) is 3.11. The summed E-state index contributed by atoms with van der Waals surface area (Å²) in [4.78, 5) is 25.1. The Balaban J connectivity index is 1.35. The van der Waals surface area contributed by atoms with Crippen LogP contribution in [0.25, 0.3) is 0 Å². The number of hydrogen-bond donors (Lipinski definition) is 2. The lowest BCUT2D eigenvalue weighted by molar-refractivity contribution is -0.129. The first kappa shape index (κ1) is 20.3. The van der Waals surface area contributed by atoms with Crippen molar-refractivity contribution in [2.75, 3.05) is 12.1 Å². The molecule has 3 aromatic carbocycles. The zero-order chi connectivity index (χ0) is 21.6. The second kappa shape index (κ2) is 9.21. The average molecular weight is 418 g/mol. The average Bonchev–Trinajstić information content (AvgIpc) is 3.26. The minimum absolute atomic E-state index is 0.193. The molecule has 7 heteroatoms. The van der Waals surface area contributed by atoms with E-state index in [9.17, 15) is 9.59 Å². The first-order valence-electron chi connectivity index (χ1n) is 9.88. The summed E-state index contributed by atoms with van der Waals surface area (Å²) in [7, 11) is 0. The fourth-order valence-corrected chi connectivity index (χ4v) is 3.11. The molecule has 1 aliphatic rings. The topological polar surface area (TPSA) is 85.9 Å². The maximum Gasteiger partial charge on any atom is 0.341 e. The molecule has 31 heavy (non-hydrogen) atoms. The Labute approximate surface area is 179 Å². The number of ether oxygens (including phenoxy) is 3. The highest BCUT2D eigenvalue weighted by Crippen LogP contribution is 2.32. The van der Waals surface area contributed by atoms with E-state index in [2.05, 4.69) is 10.6 Å². The van der Waals surface area contributed by atoms with E-state index in [1.165, 1.54) is 0 Å².